The zero-order valence-corrected chi connectivity index (χ0v) is 10.9. The molecule has 0 aliphatic rings. The lowest BCUT2D eigenvalue weighted by molar-refractivity contribution is 0.242. The van der Waals surface area contributed by atoms with Gasteiger partial charge >= 0.3 is 8.25 Å². The Bertz CT molecular complexity index is 145. The molecule has 0 saturated carbocycles. The van der Waals surface area contributed by atoms with Crippen LogP contribution in [0.1, 0.15) is 26.7 Å². The fourth-order valence-corrected chi connectivity index (χ4v) is 1.22. The number of rotatable bonds is 8. The lowest BCUT2D eigenvalue weighted by atomic mass is 10.2. The van der Waals surface area contributed by atoms with Crippen molar-refractivity contribution in [3.8, 4) is 0 Å². The van der Waals surface area contributed by atoms with Crippen LogP contribution >= 0.6 is 8.25 Å². The first kappa shape index (κ1) is 18.3. The van der Waals surface area contributed by atoms with E-state index >= 15 is 0 Å². The minimum atomic E-state index is -1.83. The molecule has 7 heteroatoms. The van der Waals surface area contributed by atoms with Crippen LogP contribution in [0.25, 0.3) is 0 Å². The molecule has 0 radical (unpaired) electrons. The summed E-state index contributed by atoms with van der Waals surface area (Å²) in [6.45, 7) is 4.64. The van der Waals surface area contributed by atoms with Gasteiger partial charge in [0.05, 0.1) is 0 Å². The van der Waals surface area contributed by atoms with E-state index in [9.17, 15) is 4.57 Å². The SMILES string of the molecule is CCO[P+](=O)OCC.NC(CCO)CCO. The van der Waals surface area contributed by atoms with Crippen molar-refractivity contribution in [3.05, 3.63) is 0 Å². The van der Waals surface area contributed by atoms with E-state index in [0.717, 1.165) is 0 Å². The van der Waals surface area contributed by atoms with Crippen molar-refractivity contribution in [2.45, 2.75) is 32.7 Å². The van der Waals surface area contributed by atoms with E-state index in [0.29, 0.717) is 26.1 Å². The minimum Gasteiger partial charge on any atom is -0.396 e. The Morgan fingerprint density at radius 3 is 1.75 bits per heavy atom. The highest BCUT2D eigenvalue weighted by atomic mass is 31.1. The van der Waals surface area contributed by atoms with Gasteiger partial charge in [0.1, 0.15) is 13.2 Å². The van der Waals surface area contributed by atoms with Crippen LogP contribution in [0.4, 0.5) is 0 Å². The summed E-state index contributed by atoms with van der Waals surface area (Å²) in [5.41, 5.74) is 5.37. The highest BCUT2D eigenvalue weighted by Crippen LogP contribution is 2.21. The van der Waals surface area contributed by atoms with Crippen molar-refractivity contribution in [3.63, 3.8) is 0 Å². The molecule has 98 valence electrons. The molecule has 6 nitrogen and oxygen atoms in total. The molecular formula is C9H23NO5P+. The molecule has 4 N–H and O–H groups in total. The second-order valence-corrected chi connectivity index (χ2v) is 3.81. The van der Waals surface area contributed by atoms with Crippen molar-refractivity contribution in [1.82, 2.24) is 0 Å². The average Bonchev–Trinajstić information content (AvgIpc) is 2.20. The van der Waals surface area contributed by atoms with E-state index in [1.54, 1.807) is 13.8 Å². The van der Waals surface area contributed by atoms with Crippen LogP contribution in [0.5, 0.6) is 0 Å². The summed E-state index contributed by atoms with van der Waals surface area (Å²) >= 11 is 0. The third kappa shape index (κ3) is 16.3. The van der Waals surface area contributed by atoms with E-state index in [1.165, 1.54) is 0 Å². The molecule has 0 atom stereocenters. The monoisotopic (exact) mass is 256 g/mol. The first-order chi connectivity index (χ1) is 7.62. The molecule has 0 bridgehead atoms. The van der Waals surface area contributed by atoms with Gasteiger partial charge in [-0.1, -0.05) is 0 Å². The van der Waals surface area contributed by atoms with Gasteiger partial charge in [0.15, 0.2) is 0 Å². The van der Waals surface area contributed by atoms with Gasteiger partial charge in [-0.15, -0.1) is 9.05 Å². The van der Waals surface area contributed by atoms with Gasteiger partial charge in [-0.05, 0) is 26.7 Å². The molecule has 0 aromatic heterocycles. The maximum Gasteiger partial charge on any atom is 0.697 e. The van der Waals surface area contributed by atoms with E-state index in [4.69, 9.17) is 15.9 Å². The molecule has 0 amide bonds. The average molecular weight is 256 g/mol. The maximum absolute atomic E-state index is 10.3. The summed E-state index contributed by atoms with van der Waals surface area (Å²) in [6, 6.07) is -0.0370. The van der Waals surface area contributed by atoms with Gasteiger partial charge in [0.25, 0.3) is 0 Å². The molecule has 0 spiro atoms. The van der Waals surface area contributed by atoms with Crippen LogP contribution in [0.15, 0.2) is 0 Å². The maximum atomic E-state index is 10.3. The lowest BCUT2D eigenvalue weighted by Crippen LogP contribution is -2.22. The van der Waals surface area contributed by atoms with E-state index in [2.05, 4.69) is 9.05 Å². The Balaban J connectivity index is 0. The van der Waals surface area contributed by atoms with Crippen LogP contribution in [-0.2, 0) is 13.6 Å². The van der Waals surface area contributed by atoms with Crippen molar-refractivity contribution in [2.75, 3.05) is 26.4 Å². The predicted molar refractivity (Wildman–Crippen MR) is 62.2 cm³/mol. The summed E-state index contributed by atoms with van der Waals surface area (Å²) in [5, 5.41) is 16.6. The molecule has 0 heterocycles. The molecule has 0 fully saturated rings. The first-order valence-corrected chi connectivity index (χ1v) is 6.42. The van der Waals surface area contributed by atoms with Crippen LogP contribution in [0.3, 0.4) is 0 Å². The second-order valence-electron chi connectivity index (χ2n) is 2.84. The van der Waals surface area contributed by atoms with Gasteiger partial charge in [-0.3, -0.25) is 0 Å². The van der Waals surface area contributed by atoms with Gasteiger partial charge in [0.2, 0.25) is 0 Å². The third-order valence-electron chi connectivity index (χ3n) is 1.47. The second kappa shape index (κ2) is 14.9. The van der Waals surface area contributed by atoms with E-state index < -0.39 is 8.25 Å². The zero-order chi connectivity index (χ0) is 12.8. The summed E-state index contributed by atoms with van der Waals surface area (Å²) in [5.74, 6) is 0. The number of hydrogen-bond acceptors (Lipinski definition) is 6. The Kier molecular flexibility index (Phi) is 17.0. The number of aliphatic hydroxyl groups excluding tert-OH is 2. The van der Waals surface area contributed by atoms with Gasteiger partial charge in [0, 0.05) is 23.8 Å². The van der Waals surface area contributed by atoms with Gasteiger partial charge in [-0.25, -0.2) is 0 Å². The number of aliphatic hydroxyl groups is 2. The Labute approximate surface area is 97.7 Å². The molecule has 0 saturated heterocycles. The third-order valence-corrected chi connectivity index (χ3v) is 2.41. The molecule has 0 rings (SSSR count). The fourth-order valence-electron chi connectivity index (χ4n) is 0.724. The molecule has 0 aromatic carbocycles. The van der Waals surface area contributed by atoms with Crippen molar-refractivity contribution < 1.29 is 23.8 Å². The molecular weight excluding hydrogens is 233 g/mol. The first-order valence-electron chi connectivity index (χ1n) is 5.32. The smallest absolute Gasteiger partial charge is 0.396 e. The molecule has 0 aliphatic heterocycles. The van der Waals surface area contributed by atoms with Crippen LogP contribution in [-0.4, -0.2) is 42.7 Å². The molecule has 0 aromatic rings. The molecule has 0 unspecified atom stereocenters. The van der Waals surface area contributed by atoms with Gasteiger partial charge < -0.3 is 15.9 Å². The largest absolute Gasteiger partial charge is 0.697 e. The Morgan fingerprint density at radius 2 is 1.50 bits per heavy atom. The number of hydrogen-bond donors (Lipinski definition) is 3. The Morgan fingerprint density at radius 1 is 1.12 bits per heavy atom. The zero-order valence-electron chi connectivity index (χ0n) is 9.96. The highest BCUT2D eigenvalue weighted by molar-refractivity contribution is 7.33. The van der Waals surface area contributed by atoms with Crippen molar-refractivity contribution in [2.24, 2.45) is 5.73 Å². The molecule has 0 aliphatic carbocycles. The lowest BCUT2D eigenvalue weighted by Gasteiger charge is -2.05. The van der Waals surface area contributed by atoms with E-state index in [1.807, 2.05) is 0 Å². The van der Waals surface area contributed by atoms with Crippen LogP contribution < -0.4 is 5.73 Å². The van der Waals surface area contributed by atoms with Crippen LogP contribution in [0, 0.1) is 0 Å². The van der Waals surface area contributed by atoms with Crippen molar-refractivity contribution >= 4 is 8.25 Å². The van der Waals surface area contributed by atoms with E-state index in [-0.39, 0.29) is 19.3 Å². The van der Waals surface area contributed by atoms with Crippen LogP contribution in [0.2, 0.25) is 0 Å². The summed E-state index contributed by atoms with van der Waals surface area (Å²) in [7, 11) is -1.83. The summed E-state index contributed by atoms with van der Waals surface area (Å²) in [4.78, 5) is 0. The number of nitrogens with two attached hydrogens (primary N) is 1. The normalized spacial score (nSPS) is 9.88. The predicted octanol–water partition coefficient (Wildman–Crippen LogP) is 0.795. The minimum absolute atomic E-state index is 0.0370. The highest BCUT2D eigenvalue weighted by Gasteiger charge is 2.15. The Hall–Kier alpha value is -0.100. The topological polar surface area (TPSA) is 102 Å². The molecule has 16 heavy (non-hydrogen) atoms. The van der Waals surface area contributed by atoms with Crippen molar-refractivity contribution in [1.29, 1.82) is 0 Å². The quantitative estimate of drug-likeness (QED) is 0.555. The summed E-state index contributed by atoms with van der Waals surface area (Å²) in [6.07, 6.45) is 1.17. The standard InChI is InChI=1S/C5H13NO2.C4H10O3P/c6-5(1-3-7)2-4-8;1-3-6-8(5)7-4-2/h5,7-8H,1-4,6H2;3-4H2,1-2H3/q;+1. The summed E-state index contributed by atoms with van der Waals surface area (Å²) < 4.78 is 19.5. The fraction of sp³-hybridized carbons (Fsp3) is 1.00. The van der Waals surface area contributed by atoms with Gasteiger partial charge in [-0.2, -0.15) is 0 Å².